The third-order valence-corrected chi connectivity index (χ3v) is 2.62. The Balaban J connectivity index is 2.39. The Morgan fingerprint density at radius 3 is 2.71 bits per heavy atom. The van der Waals surface area contributed by atoms with E-state index in [4.69, 9.17) is 5.73 Å². The highest BCUT2D eigenvalue weighted by molar-refractivity contribution is 7.13. The SMILES string of the molecule is Cc1ccc(C(=O)NCCC(N)=O)s1. The number of primary amides is 1. The Morgan fingerprint density at radius 2 is 2.21 bits per heavy atom. The average molecular weight is 212 g/mol. The van der Waals surface area contributed by atoms with Gasteiger partial charge in [0.1, 0.15) is 0 Å². The van der Waals surface area contributed by atoms with Crippen molar-refractivity contribution in [1.29, 1.82) is 0 Å². The first-order valence-electron chi connectivity index (χ1n) is 4.22. The van der Waals surface area contributed by atoms with Crippen LogP contribution in [0.2, 0.25) is 0 Å². The van der Waals surface area contributed by atoms with Gasteiger partial charge in [0.15, 0.2) is 0 Å². The number of nitrogens with one attached hydrogen (secondary N) is 1. The summed E-state index contributed by atoms with van der Waals surface area (Å²) in [6.07, 6.45) is 0.177. The molecule has 0 radical (unpaired) electrons. The van der Waals surface area contributed by atoms with Crippen LogP contribution < -0.4 is 11.1 Å². The molecule has 0 atom stereocenters. The second kappa shape index (κ2) is 4.76. The molecule has 0 fully saturated rings. The first-order chi connectivity index (χ1) is 6.59. The van der Waals surface area contributed by atoms with E-state index in [-0.39, 0.29) is 12.3 Å². The van der Waals surface area contributed by atoms with Crippen molar-refractivity contribution < 1.29 is 9.59 Å². The van der Waals surface area contributed by atoms with Gasteiger partial charge in [0.2, 0.25) is 5.91 Å². The molecule has 1 rings (SSSR count). The van der Waals surface area contributed by atoms with Crippen LogP contribution in [0.1, 0.15) is 21.0 Å². The van der Waals surface area contributed by atoms with Crippen LogP contribution >= 0.6 is 11.3 Å². The van der Waals surface area contributed by atoms with Crippen LogP contribution in [0.4, 0.5) is 0 Å². The molecule has 0 aliphatic carbocycles. The summed E-state index contributed by atoms with van der Waals surface area (Å²) in [6.45, 7) is 2.23. The third-order valence-electron chi connectivity index (χ3n) is 1.62. The standard InChI is InChI=1S/C9H12N2O2S/c1-6-2-3-7(14-6)9(13)11-5-4-8(10)12/h2-3H,4-5H2,1H3,(H2,10,12)(H,11,13). The van der Waals surface area contributed by atoms with E-state index in [1.165, 1.54) is 11.3 Å². The van der Waals surface area contributed by atoms with E-state index in [2.05, 4.69) is 5.32 Å². The quantitative estimate of drug-likeness (QED) is 0.769. The van der Waals surface area contributed by atoms with E-state index in [0.29, 0.717) is 11.4 Å². The molecule has 0 aliphatic rings. The maximum Gasteiger partial charge on any atom is 0.261 e. The van der Waals surface area contributed by atoms with Gasteiger partial charge in [-0.25, -0.2) is 0 Å². The lowest BCUT2D eigenvalue weighted by Crippen LogP contribution is -2.27. The smallest absolute Gasteiger partial charge is 0.261 e. The molecular weight excluding hydrogens is 200 g/mol. The minimum atomic E-state index is -0.410. The highest BCUT2D eigenvalue weighted by Gasteiger charge is 2.06. The van der Waals surface area contributed by atoms with E-state index in [0.717, 1.165) is 4.88 Å². The number of amides is 2. The molecule has 0 aliphatic heterocycles. The number of aryl methyl sites for hydroxylation is 1. The normalized spacial score (nSPS) is 9.79. The summed E-state index contributed by atoms with van der Waals surface area (Å²) in [6, 6.07) is 3.65. The molecule has 5 heteroatoms. The van der Waals surface area contributed by atoms with E-state index in [1.807, 2.05) is 13.0 Å². The summed E-state index contributed by atoms with van der Waals surface area (Å²) in [7, 11) is 0. The summed E-state index contributed by atoms with van der Waals surface area (Å²) < 4.78 is 0. The van der Waals surface area contributed by atoms with Gasteiger partial charge in [-0.15, -0.1) is 11.3 Å². The van der Waals surface area contributed by atoms with Crippen LogP contribution in [0.25, 0.3) is 0 Å². The highest BCUT2D eigenvalue weighted by Crippen LogP contribution is 2.14. The molecule has 1 heterocycles. The van der Waals surface area contributed by atoms with Gasteiger partial charge in [-0.05, 0) is 19.1 Å². The van der Waals surface area contributed by atoms with E-state index < -0.39 is 5.91 Å². The Morgan fingerprint density at radius 1 is 1.50 bits per heavy atom. The van der Waals surface area contributed by atoms with Crippen molar-refractivity contribution in [3.05, 3.63) is 21.9 Å². The zero-order chi connectivity index (χ0) is 10.6. The van der Waals surface area contributed by atoms with Crippen molar-refractivity contribution in [3.8, 4) is 0 Å². The Hall–Kier alpha value is -1.36. The molecule has 0 spiro atoms. The van der Waals surface area contributed by atoms with E-state index in [9.17, 15) is 9.59 Å². The zero-order valence-corrected chi connectivity index (χ0v) is 8.69. The minimum Gasteiger partial charge on any atom is -0.370 e. The molecule has 0 bridgehead atoms. The summed E-state index contributed by atoms with van der Waals surface area (Å²) in [5.74, 6) is -0.558. The molecule has 2 amide bonds. The van der Waals surface area contributed by atoms with Gasteiger partial charge in [0, 0.05) is 17.8 Å². The maximum absolute atomic E-state index is 11.4. The van der Waals surface area contributed by atoms with Gasteiger partial charge in [-0.3, -0.25) is 9.59 Å². The van der Waals surface area contributed by atoms with Gasteiger partial charge < -0.3 is 11.1 Å². The number of rotatable bonds is 4. The molecule has 1 aromatic heterocycles. The van der Waals surface area contributed by atoms with Gasteiger partial charge in [-0.2, -0.15) is 0 Å². The molecule has 14 heavy (non-hydrogen) atoms. The second-order valence-electron chi connectivity index (χ2n) is 2.88. The Kier molecular flexibility index (Phi) is 3.64. The third kappa shape index (κ3) is 3.18. The van der Waals surface area contributed by atoms with Crippen LogP contribution in [-0.2, 0) is 4.79 Å². The van der Waals surface area contributed by atoms with Crippen LogP contribution in [0.3, 0.4) is 0 Å². The summed E-state index contributed by atoms with van der Waals surface area (Å²) in [5.41, 5.74) is 4.93. The topological polar surface area (TPSA) is 72.2 Å². The lowest BCUT2D eigenvalue weighted by Gasteiger charge is -2.00. The number of thiophene rings is 1. The van der Waals surface area contributed by atoms with Crippen molar-refractivity contribution in [3.63, 3.8) is 0 Å². The number of carbonyl (C=O) groups is 2. The van der Waals surface area contributed by atoms with Crippen LogP contribution in [0.5, 0.6) is 0 Å². The Labute approximate surface area is 86.1 Å². The summed E-state index contributed by atoms with van der Waals surface area (Å²) in [5, 5.41) is 2.61. The monoisotopic (exact) mass is 212 g/mol. The number of hydrogen-bond acceptors (Lipinski definition) is 3. The summed E-state index contributed by atoms with van der Waals surface area (Å²) >= 11 is 1.43. The molecule has 3 N–H and O–H groups in total. The van der Waals surface area contributed by atoms with Crippen LogP contribution in [0, 0.1) is 6.92 Å². The van der Waals surface area contributed by atoms with Gasteiger partial charge in [-0.1, -0.05) is 0 Å². The van der Waals surface area contributed by atoms with E-state index in [1.54, 1.807) is 6.07 Å². The first-order valence-corrected chi connectivity index (χ1v) is 5.04. The molecule has 4 nitrogen and oxygen atoms in total. The van der Waals surface area contributed by atoms with E-state index >= 15 is 0 Å². The minimum absolute atomic E-state index is 0.149. The molecule has 0 saturated carbocycles. The first kappa shape index (κ1) is 10.7. The average Bonchev–Trinajstić information content (AvgIpc) is 2.51. The fraction of sp³-hybridized carbons (Fsp3) is 0.333. The lowest BCUT2D eigenvalue weighted by atomic mass is 10.4. The second-order valence-corrected chi connectivity index (χ2v) is 4.17. The fourth-order valence-corrected chi connectivity index (χ4v) is 1.73. The number of carbonyl (C=O) groups excluding carboxylic acids is 2. The Bertz CT molecular complexity index is 346. The zero-order valence-electron chi connectivity index (χ0n) is 7.87. The highest BCUT2D eigenvalue weighted by atomic mass is 32.1. The molecule has 0 saturated heterocycles. The molecule has 0 unspecified atom stereocenters. The molecule has 76 valence electrons. The van der Waals surface area contributed by atoms with Crippen molar-refractivity contribution in [2.24, 2.45) is 5.73 Å². The molecule has 0 aromatic carbocycles. The molecular formula is C9H12N2O2S. The van der Waals surface area contributed by atoms with Gasteiger partial charge in [0.05, 0.1) is 4.88 Å². The van der Waals surface area contributed by atoms with Gasteiger partial charge in [0.25, 0.3) is 5.91 Å². The summed E-state index contributed by atoms with van der Waals surface area (Å²) in [4.78, 5) is 23.5. The fourth-order valence-electron chi connectivity index (χ4n) is 0.943. The van der Waals surface area contributed by atoms with Crippen molar-refractivity contribution in [1.82, 2.24) is 5.32 Å². The van der Waals surface area contributed by atoms with Crippen molar-refractivity contribution in [2.75, 3.05) is 6.54 Å². The number of nitrogens with two attached hydrogens (primary N) is 1. The predicted molar refractivity (Wildman–Crippen MR) is 55.2 cm³/mol. The maximum atomic E-state index is 11.4. The van der Waals surface area contributed by atoms with Crippen LogP contribution in [0.15, 0.2) is 12.1 Å². The van der Waals surface area contributed by atoms with Gasteiger partial charge >= 0.3 is 0 Å². The van der Waals surface area contributed by atoms with Crippen molar-refractivity contribution >= 4 is 23.2 Å². The lowest BCUT2D eigenvalue weighted by molar-refractivity contribution is -0.117. The molecule has 1 aromatic rings. The number of hydrogen-bond donors (Lipinski definition) is 2. The predicted octanol–water partition coefficient (Wildman–Crippen LogP) is 0.662. The van der Waals surface area contributed by atoms with Crippen LogP contribution in [-0.4, -0.2) is 18.4 Å². The van der Waals surface area contributed by atoms with Crippen molar-refractivity contribution in [2.45, 2.75) is 13.3 Å². The largest absolute Gasteiger partial charge is 0.370 e.